The number of aromatic nitrogens is 2. The molecule has 3 heteroatoms. The van der Waals surface area contributed by atoms with Crippen molar-refractivity contribution in [1.82, 2.24) is 9.13 Å². The second-order valence-corrected chi connectivity index (χ2v) is 12.1. The van der Waals surface area contributed by atoms with Crippen LogP contribution in [0.2, 0.25) is 0 Å². The third-order valence-electron chi connectivity index (χ3n) is 9.34. The number of para-hydroxylation sites is 2. The molecule has 0 amide bonds. The van der Waals surface area contributed by atoms with E-state index < -0.39 is 0 Å². The molecule has 2 aromatic heterocycles. The third-order valence-corrected chi connectivity index (χ3v) is 9.34. The van der Waals surface area contributed by atoms with Crippen molar-refractivity contribution in [3.8, 4) is 51.0 Å². The van der Waals surface area contributed by atoms with E-state index in [1.54, 1.807) is 0 Å². The maximum atomic E-state index is 9.37. The summed E-state index contributed by atoms with van der Waals surface area (Å²) >= 11 is 0. The topological polar surface area (TPSA) is 33.6 Å². The molecule has 48 heavy (non-hydrogen) atoms. The first-order chi connectivity index (χ1) is 23.8. The predicted molar refractivity (Wildman–Crippen MR) is 199 cm³/mol. The molecule has 224 valence electrons. The fourth-order valence-corrected chi connectivity index (χ4v) is 7.26. The van der Waals surface area contributed by atoms with Crippen LogP contribution in [0.3, 0.4) is 0 Å². The fraction of sp³-hybridized carbons (Fsp3) is 0. The summed E-state index contributed by atoms with van der Waals surface area (Å²) in [5.41, 5.74) is 13.2. The molecule has 0 aliphatic heterocycles. The summed E-state index contributed by atoms with van der Waals surface area (Å²) in [6, 6.07) is 64.4. The lowest BCUT2D eigenvalue weighted by atomic mass is 9.97. The number of nitrogens with zero attached hydrogens (tertiary/aromatic N) is 3. The zero-order chi connectivity index (χ0) is 32.0. The quantitative estimate of drug-likeness (QED) is 0.191. The molecule has 0 N–H and O–H groups in total. The van der Waals surface area contributed by atoms with Gasteiger partial charge in [-0.3, -0.25) is 0 Å². The van der Waals surface area contributed by atoms with Crippen LogP contribution in [0.5, 0.6) is 0 Å². The van der Waals surface area contributed by atoms with Crippen molar-refractivity contribution in [3.63, 3.8) is 0 Å². The summed E-state index contributed by atoms with van der Waals surface area (Å²) in [5.74, 6) is 0. The Morgan fingerprint density at radius 2 is 1.04 bits per heavy atom. The Bertz CT molecular complexity index is 2640. The second-order valence-electron chi connectivity index (χ2n) is 12.1. The molecule has 0 saturated heterocycles. The summed E-state index contributed by atoms with van der Waals surface area (Å²) in [7, 11) is 0. The van der Waals surface area contributed by atoms with Gasteiger partial charge in [-0.2, -0.15) is 5.26 Å². The highest BCUT2D eigenvalue weighted by Gasteiger charge is 2.26. The number of benzene rings is 7. The molecule has 3 nitrogen and oxygen atoms in total. The zero-order valence-electron chi connectivity index (χ0n) is 26.1. The molecular weight excluding hydrogens is 583 g/mol. The van der Waals surface area contributed by atoms with E-state index in [1.165, 1.54) is 38.5 Å². The van der Waals surface area contributed by atoms with Crippen molar-refractivity contribution in [2.75, 3.05) is 0 Å². The molecule has 0 bridgehead atoms. The number of rotatable bonds is 5. The fourth-order valence-electron chi connectivity index (χ4n) is 7.26. The van der Waals surface area contributed by atoms with Crippen LogP contribution in [0.1, 0.15) is 5.56 Å². The molecule has 0 aliphatic rings. The highest BCUT2D eigenvalue weighted by atomic mass is 15.0. The first kappa shape index (κ1) is 27.7. The van der Waals surface area contributed by atoms with Crippen molar-refractivity contribution in [3.05, 3.63) is 181 Å². The molecule has 2 heterocycles. The van der Waals surface area contributed by atoms with Crippen LogP contribution >= 0.6 is 0 Å². The molecule has 0 spiro atoms. The van der Waals surface area contributed by atoms with Crippen LogP contribution in [0.15, 0.2) is 176 Å². The van der Waals surface area contributed by atoms with Crippen LogP contribution in [-0.4, -0.2) is 9.13 Å². The van der Waals surface area contributed by atoms with E-state index in [0.717, 1.165) is 39.1 Å². The summed E-state index contributed by atoms with van der Waals surface area (Å²) < 4.78 is 4.87. The van der Waals surface area contributed by atoms with Gasteiger partial charge in [-0.1, -0.05) is 127 Å². The Morgan fingerprint density at radius 3 is 1.77 bits per heavy atom. The average molecular weight is 612 g/mol. The van der Waals surface area contributed by atoms with Crippen LogP contribution in [-0.2, 0) is 0 Å². The minimum absolute atomic E-state index is 0.658. The molecule has 7 aromatic carbocycles. The van der Waals surface area contributed by atoms with Gasteiger partial charge in [-0.25, -0.2) is 0 Å². The predicted octanol–water partition coefficient (Wildman–Crippen LogP) is 11.6. The number of nitriles is 1. The van der Waals surface area contributed by atoms with Gasteiger partial charge in [0, 0.05) is 33.1 Å². The largest absolute Gasteiger partial charge is 0.309 e. The molecule has 0 unspecified atom stereocenters. The Kier molecular flexibility index (Phi) is 6.52. The van der Waals surface area contributed by atoms with E-state index in [2.05, 4.69) is 167 Å². The third kappa shape index (κ3) is 4.35. The van der Waals surface area contributed by atoms with Crippen molar-refractivity contribution in [1.29, 1.82) is 5.26 Å². The van der Waals surface area contributed by atoms with E-state index in [0.29, 0.717) is 5.56 Å². The summed E-state index contributed by atoms with van der Waals surface area (Å²) in [5, 5.41) is 13.0. The van der Waals surface area contributed by atoms with Crippen molar-refractivity contribution in [2.45, 2.75) is 0 Å². The van der Waals surface area contributed by atoms with Gasteiger partial charge in [0.25, 0.3) is 0 Å². The molecule has 0 fully saturated rings. The Balaban J connectivity index is 1.47. The van der Waals surface area contributed by atoms with Crippen molar-refractivity contribution in [2.24, 2.45) is 0 Å². The summed E-state index contributed by atoms with van der Waals surface area (Å²) in [6.45, 7) is 0. The van der Waals surface area contributed by atoms with Gasteiger partial charge in [0.15, 0.2) is 0 Å². The lowest BCUT2D eigenvalue weighted by Gasteiger charge is -2.13. The molecule has 9 rings (SSSR count). The van der Waals surface area contributed by atoms with E-state index >= 15 is 0 Å². The first-order valence-corrected chi connectivity index (χ1v) is 16.2. The van der Waals surface area contributed by atoms with Crippen molar-refractivity contribution >= 4 is 32.7 Å². The van der Waals surface area contributed by atoms with Gasteiger partial charge in [0.05, 0.1) is 33.9 Å². The smallest absolute Gasteiger partial charge is 0.0991 e. The molecule has 0 atom stereocenters. The van der Waals surface area contributed by atoms with Gasteiger partial charge >= 0.3 is 0 Å². The zero-order valence-corrected chi connectivity index (χ0v) is 26.1. The minimum atomic E-state index is 0.658. The van der Waals surface area contributed by atoms with E-state index in [-0.39, 0.29) is 0 Å². The van der Waals surface area contributed by atoms with Gasteiger partial charge in [-0.15, -0.1) is 0 Å². The SMILES string of the molecule is N#Cc1ccc(-c2cccc(-n3c4ccccc4c4ccc5c(c(-c6ccccc6)c(-c6ccccc6)n5-c5ccccc5)c43)c2)cc1. The van der Waals surface area contributed by atoms with Gasteiger partial charge in [-0.05, 0) is 70.8 Å². The van der Waals surface area contributed by atoms with E-state index in [4.69, 9.17) is 0 Å². The molecule has 9 aromatic rings. The standard InChI is InChI=1S/C45H29N3/c46-30-31-23-25-32(26-24-31)35-17-12-20-37(29-35)48-40-22-11-10-21-38(40)39-27-28-41-43(45(39)48)42(33-13-4-1-5-14-33)44(34-15-6-2-7-16-34)47(41)36-18-8-3-9-19-36/h1-29H. The highest BCUT2D eigenvalue weighted by molar-refractivity contribution is 6.24. The van der Waals surface area contributed by atoms with Crippen LogP contribution < -0.4 is 0 Å². The first-order valence-electron chi connectivity index (χ1n) is 16.2. The number of hydrogen-bond acceptors (Lipinski definition) is 1. The minimum Gasteiger partial charge on any atom is -0.309 e. The Hall–Kier alpha value is -6.63. The average Bonchev–Trinajstić information content (AvgIpc) is 3.69. The maximum absolute atomic E-state index is 9.37. The lowest BCUT2D eigenvalue weighted by Crippen LogP contribution is -1.97. The second kappa shape index (κ2) is 11.3. The van der Waals surface area contributed by atoms with E-state index in [1.807, 2.05) is 24.3 Å². The normalized spacial score (nSPS) is 11.3. The molecule has 0 saturated carbocycles. The van der Waals surface area contributed by atoms with Gasteiger partial charge in [0.1, 0.15) is 0 Å². The van der Waals surface area contributed by atoms with Gasteiger partial charge < -0.3 is 9.13 Å². The molecular formula is C45H29N3. The Morgan fingerprint density at radius 1 is 0.417 bits per heavy atom. The molecule has 0 aliphatic carbocycles. The van der Waals surface area contributed by atoms with Crippen LogP contribution in [0, 0.1) is 11.3 Å². The van der Waals surface area contributed by atoms with Crippen molar-refractivity contribution < 1.29 is 0 Å². The van der Waals surface area contributed by atoms with E-state index in [9.17, 15) is 5.26 Å². The van der Waals surface area contributed by atoms with Crippen LogP contribution in [0.25, 0.3) is 77.6 Å². The highest BCUT2D eigenvalue weighted by Crippen LogP contribution is 2.47. The monoisotopic (exact) mass is 611 g/mol. The maximum Gasteiger partial charge on any atom is 0.0991 e. The molecule has 0 radical (unpaired) electrons. The summed E-state index contributed by atoms with van der Waals surface area (Å²) in [6.07, 6.45) is 0. The van der Waals surface area contributed by atoms with Crippen LogP contribution in [0.4, 0.5) is 0 Å². The van der Waals surface area contributed by atoms with Gasteiger partial charge in [0.2, 0.25) is 0 Å². The Labute approximate surface area is 278 Å². The number of hydrogen-bond donors (Lipinski definition) is 0. The number of fused-ring (bicyclic) bond motifs is 5. The summed E-state index contributed by atoms with van der Waals surface area (Å²) in [4.78, 5) is 0. The lowest BCUT2D eigenvalue weighted by molar-refractivity contribution is 1.13.